The lowest BCUT2D eigenvalue weighted by Gasteiger charge is -2.06. The largest absolute Gasteiger partial charge is 0.321 e. The molecule has 116 valence electrons. The van der Waals surface area contributed by atoms with E-state index in [0.29, 0.717) is 17.3 Å². The molecule has 0 saturated heterocycles. The second-order valence-corrected chi connectivity index (χ2v) is 5.49. The molecular weight excluding hydrogens is 296 g/mol. The first-order valence-electron chi connectivity index (χ1n) is 7.31. The van der Waals surface area contributed by atoms with E-state index in [1.165, 1.54) is 6.07 Å². The number of nitrogens with one attached hydrogen (secondary N) is 3. The van der Waals surface area contributed by atoms with Crippen LogP contribution in [0.5, 0.6) is 0 Å². The van der Waals surface area contributed by atoms with Gasteiger partial charge in [0.2, 0.25) is 0 Å². The zero-order valence-electron chi connectivity index (χ0n) is 12.1. The molecule has 23 heavy (non-hydrogen) atoms. The number of amides is 1. The predicted octanol–water partition coefficient (Wildman–Crippen LogP) is 1.41. The third kappa shape index (κ3) is 2.66. The van der Waals surface area contributed by atoms with Crippen molar-refractivity contribution in [3.63, 3.8) is 0 Å². The summed E-state index contributed by atoms with van der Waals surface area (Å²) in [5.41, 5.74) is 2.37. The molecule has 1 aromatic carbocycles. The monoisotopic (exact) mass is 310 g/mol. The van der Waals surface area contributed by atoms with E-state index in [4.69, 9.17) is 0 Å². The number of benzene rings is 1. The van der Waals surface area contributed by atoms with Crippen molar-refractivity contribution in [2.24, 2.45) is 0 Å². The van der Waals surface area contributed by atoms with Gasteiger partial charge in [0, 0.05) is 23.9 Å². The van der Waals surface area contributed by atoms with Crippen LogP contribution in [-0.4, -0.2) is 31.1 Å². The maximum Gasteiger partial charge on any atom is 0.278 e. The van der Waals surface area contributed by atoms with Crippen molar-refractivity contribution in [1.29, 1.82) is 0 Å². The van der Waals surface area contributed by atoms with Crippen LogP contribution in [0.2, 0.25) is 0 Å². The summed E-state index contributed by atoms with van der Waals surface area (Å²) < 4.78 is 1.61. The third-order valence-corrected chi connectivity index (χ3v) is 3.76. The van der Waals surface area contributed by atoms with Gasteiger partial charge in [0.25, 0.3) is 11.5 Å². The van der Waals surface area contributed by atoms with Crippen LogP contribution in [0.25, 0.3) is 5.69 Å². The van der Waals surface area contributed by atoms with Crippen LogP contribution in [0.1, 0.15) is 34.9 Å². The van der Waals surface area contributed by atoms with Gasteiger partial charge in [-0.25, -0.2) is 0 Å². The molecule has 0 spiro atoms. The summed E-state index contributed by atoms with van der Waals surface area (Å²) in [6.07, 6.45) is 3.75. The summed E-state index contributed by atoms with van der Waals surface area (Å²) in [5.74, 6) is 0.0743. The number of H-pyrrole nitrogens is 2. The molecule has 4 rings (SSSR count). The predicted molar refractivity (Wildman–Crippen MR) is 82.7 cm³/mol. The van der Waals surface area contributed by atoms with Crippen LogP contribution in [0.15, 0.2) is 41.3 Å². The number of carbonyl (C=O) groups excluding carboxylic acids is 1. The van der Waals surface area contributed by atoms with E-state index in [9.17, 15) is 9.59 Å². The molecule has 2 heterocycles. The highest BCUT2D eigenvalue weighted by molar-refractivity contribution is 6.03. The molecule has 0 atom stereocenters. The summed E-state index contributed by atoms with van der Waals surface area (Å²) in [7, 11) is 0. The Morgan fingerprint density at radius 1 is 1.17 bits per heavy atom. The molecule has 1 fully saturated rings. The van der Waals surface area contributed by atoms with Gasteiger partial charge in [0.1, 0.15) is 0 Å². The third-order valence-electron chi connectivity index (χ3n) is 3.76. The lowest BCUT2D eigenvalue weighted by Crippen LogP contribution is -2.14. The normalized spacial score (nSPS) is 13.9. The van der Waals surface area contributed by atoms with E-state index in [1.807, 2.05) is 0 Å². The van der Waals surface area contributed by atoms with Gasteiger partial charge in [-0.2, -0.15) is 15.4 Å². The topological polar surface area (TPSA) is 108 Å². The van der Waals surface area contributed by atoms with Crippen molar-refractivity contribution in [3.05, 3.63) is 58.3 Å². The van der Waals surface area contributed by atoms with Crippen molar-refractivity contribution in [2.75, 3.05) is 5.32 Å². The first kappa shape index (κ1) is 13.5. The minimum Gasteiger partial charge on any atom is -0.321 e. The Kier molecular flexibility index (Phi) is 3.07. The first-order chi connectivity index (χ1) is 11.2. The maximum atomic E-state index is 12.3. The fourth-order valence-corrected chi connectivity index (χ4v) is 2.43. The Morgan fingerprint density at radius 2 is 1.96 bits per heavy atom. The Hall–Kier alpha value is -3.16. The van der Waals surface area contributed by atoms with Gasteiger partial charge in [-0.15, -0.1) is 0 Å². The molecule has 0 aliphatic heterocycles. The number of anilines is 1. The SMILES string of the molecule is O=C(Nc1ccc(-n2ccc(=O)[nH]2)cc1)c1n[nH]nc1C1CC1. The summed E-state index contributed by atoms with van der Waals surface area (Å²) >= 11 is 0. The van der Waals surface area contributed by atoms with Crippen LogP contribution < -0.4 is 10.9 Å². The van der Waals surface area contributed by atoms with E-state index in [1.54, 1.807) is 35.1 Å². The fourth-order valence-electron chi connectivity index (χ4n) is 2.43. The highest BCUT2D eigenvalue weighted by atomic mass is 16.2. The van der Waals surface area contributed by atoms with E-state index < -0.39 is 0 Å². The van der Waals surface area contributed by atoms with Crippen molar-refractivity contribution in [3.8, 4) is 5.69 Å². The molecule has 8 heteroatoms. The zero-order chi connectivity index (χ0) is 15.8. The zero-order valence-corrected chi connectivity index (χ0v) is 12.1. The molecule has 2 aromatic heterocycles. The number of hydrogen-bond acceptors (Lipinski definition) is 4. The average Bonchev–Trinajstić information content (AvgIpc) is 3.11. The molecule has 3 aromatic rings. The number of rotatable bonds is 4. The van der Waals surface area contributed by atoms with E-state index in [2.05, 4.69) is 25.8 Å². The maximum absolute atomic E-state index is 12.3. The van der Waals surface area contributed by atoms with Crippen molar-refractivity contribution < 1.29 is 4.79 Å². The quantitative estimate of drug-likeness (QED) is 0.677. The van der Waals surface area contributed by atoms with Crippen LogP contribution in [0, 0.1) is 0 Å². The first-order valence-corrected chi connectivity index (χ1v) is 7.31. The summed E-state index contributed by atoms with van der Waals surface area (Å²) in [4.78, 5) is 23.5. The molecule has 3 N–H and O–H groups in total. The Labute approximate surface area is 130 Å². The van der Waals surface area contributed by atoms with Crippen LogP contribution in [0.4, 0.5) is 5.69 Å². The van der Waals surface area contributed by atoms with E-state index in [-0.39, 0.29) is 11.5 Å². The molecule has 0 radical (unpaired) electrons. The summed E-state index contributed by atoms with van der Waals surface area (Å²) in [6.45, 7) is 0. The molecule has 1 aliphatic carbocycles. The lowest BCUT2D eigenvalue weighted by atomic mass is 10.2. The second-order valence-electron chi connectivity index (χ2n) is 5.49. The standard InChI is InChI=1S/C15H14N6O2/c22-12-7-8-21(19-12)11-5-3-10(4-6-11)16-15(23)14-13(9-1-2-9)17-20-18-14/h3-9H,1-2H2,(H,16,23)(H,19,22)(H,17,18,20). The average molecular weight is 310 g/mol. The van der Waals surface area contributed by atoms with Crippen molar-refractivity contribution in [2.45, 2.75) is 18.8 Å². The Morgan fingerprint density at radius 3 is 2.61 bits per heavy atom. The number of hydrogen-bond donors (Lipinski definition) is 3. The van der Waals surface area contributed by atoms with Gasteiger partial charge < -0.3 is 5.32 Å². The Bertz CT molecular complexity index is 900. The fraction of sp³-hybridized carbons (Fsp3) is 0.200. The number of aromatic nitrogens is 5. The van der Waals surface area contributed by atoms with E-state index in [0.717, 1.165) is 24.2 Å². The summed E-state index contributed by atoms with van der Waals surface area (Å²) in [5, 5.41) is 16.0. The van der Waals surface area contributed by atoms with Gasteiger partial charge in [-0.1, -0.05) is 0 Å². The van der Waals surface area contributed by atoms with Gasteiger partial charge in [0.15, 0.2) is 5.69 Å². The van der Waals surface area contributed by atoms with Crippen LogP contribution >= 0.6 is 0 Å². The minimum atomic E-state index is -0.275. The van der Waals surface area contributed by atoms with Crippen LogP contribution in [-0.2, 0) is 0 Å². The number of aromatic amines is 2. The molecule has 0 unspecified atom stereocenters. The van der Waals surface area contributed by atoms with Gasteiger partial charge in [-0.3, -0.25) is 19.4 Å². The number of carbonyl (C=O) groups is 1. The van der Waals surface area contributed by atoms with Gasteiger partial charge in [0.05, 0.1) is 11.4 Å². The van der Waals surface area contributed by atoms with Crippen molar-refractivity contribution in [1.82, 2.24) is 25.2 Å². The molecule has 1 amide bonds. The number of nitrogens with zero attached hydrogens (tertiary/aromatic N) is 3. The Balaban J connectivity index is 1.51. The van der Waals surface area contributed by atoms with Crippen LogP contribution in [0.3, 0.4) is 0 Å². The molecule has 0 bridgehead atoms. The molecule has 1 saturated carbocycles. The second kappa shape index (κ2) is 5.24. The highest BCUT2D eigenvalue weighted by Gasteiger charge is 2.31. The molecule has 8 nitrogen and oxygen atoms in total. The lowest BCUT2D eigenvalue weighted by molar-refractivity contribution is 0.102. The van der Waals surface area contributed by atoms with Gasteiger partial charge >= 0.3 is 0 Å². The molecular formula is C15H14N6O2. The smallest absolute Gasteiger partial charge is 0.278 e. The van der Waals surface area contributed by atoms with Crippen molar-refractivity contribution >= 4 is 11.6 Å². The van der Waals surface area contributed by atoms with Gasteiger partial charge in [-0.05, 0) is 37.1 Å². The van der Waals surface area contributed by atoms with E-state index >= 15 is 0 Å². The summed E-state index contributed by atoms with van der Waals surface area (Å²) in [6, 6.07) is 8.58. The molecule has 1 aliphatic rings. The highest BCUT2D eigenvalue weighted by Crippen LogP contribution is 2.40. The minimum absolute atomic E-state index is 0.166.